The zero-order chi connectivity index (χ0) is 18.4. The minimum atomic E-state index is -0.542. The van der Waals surface area contributed by atoms with Gasteiger partial charge in [0, 0.05) is 42.9 Å². The average Bonchev–Trinajstić information content (AvgIpc) is 3.29. The van der Waals surface area contributed by atoms with E-state index in [-0.39, 0.29) is 0 Å². The monoisotopic (exact) mass is 375 g/mol. The smallest absolute Gasteiger partial charge is 0.191 e. The van der Waals surface area contributed by atoms with Gasteiger partial charge in [-0.1, -0.05) is 18.2 Å². The van der Waals surface area contributed by atoms with Crippen molar-refractivity contribution in [3.63, 3.8) is 0 Å². The van der Waals surface area contributed by atoms with E-state index in [0.717, 1.165) is 37.0 Å². The van der Waals surface area contributed by atoms with Gasteiger partial charge in [0.15, 0.2) is 5.96 Å². The molecule has 3 rings (SSSR count). The van der Waals surface area contributed by atoms with Gasteiger partial charge in [0.1, 0.15) is 6.10 Å². The molecule has 1 heterocycles. The molecule has 0 aliphatic heterocycles. The van der Waals surface area contributed by atoms with Gasteiger partial charge in [-0.15, -0.1) is 11.3 Å². The van der Waals surface area contributed by atoms with Crippen LogP contribution in [0.5, 0.6) is 0 Å². The van der Waals surface area contributed by atoms with E-state index in [0.29, 0.717) is 12.0 Å². The molecule has 0 saturated heterocycles. The van der Waals surface area contributed by atoms with Crippen molar-refractivity contribution in [1.82, 2.24) is 10.6 Å². The number of nitrogens with one attached hydrogen (secondary N) is 2. The molecule has 1 fully saturated rings. The summed E-state index contributed by atoms with van der Waals surface area (Å²) in [4.78, 5) is 5.72. The molecule has 0 bridgehead atoms. The van der Waals surface area contributed by atoms with Crippen molar-refractivity contribution in [3.05, 3.63) is 35.2 Å². The third-order valence-electron chi connectivity index (χ3n) is 4.95. The quantitative estimate of drug-likeness (QED) is 0.465. The number of benzene rings is 1. The Kier molecular flexibility index (Phi) is 6.51. The Morgan fingerprint density at radius 2 is 2.15 bits per heavy atom. The second-order valence-corrected chi connectivity index (χ2v) is 8.14. The number of ether oxygens (including phenoxy) is 1. The second kappa shape index (κ2) is 8.84. The first-order valence-electron chi connectivity index (χ1n) is 9.33. The van der Waals surface area contributed by atoms with Crippen LogP contribution in [0.15, 0.2) is 35.3 Å². The van der Waals surface area contributed by atoms with Crippen LogP contribution in [0.2, 0.25) is 0 Å². The maximum absolute atomic E-state index is 10.5. The predicted molar refractivity (Wildman–Crippen MR) is 109 cm³/mol. The van der Waals surface area contributed by atoms with Gasteiger partial charge in [-0.25, -0.2) is 0 Å². The van der Waals surface area contributed by atoms with Crippen LogP contribution in [0.4, 0.5) is 0 Å². The fraction of sp³-hybridized carbons (Fsp3) is 0.550. The Bertz CT molecular complexity index is 706. The molecule has 0 amide bonds. The molecule has 1 aromatic heterocycles. The molecule has 0 spiro atoms. The van der Waals surface area contributed by atoms with Crippen LogP contribution < -0.4 is 10.6 Å². The largest absolute Gasteiger partial charge is 0.386 e. The van der Waals surface area contributed by atoms with Crippen molar-refractivity contribution in [2.24, 2.45) is 10.4 Å². The summed E-state index contributed by atoms with van der Waals surface area (Å²) < 4.78 is 6.42. The van der Waals surface area contributed by atoms with E-state index in [1.807, 2.05) is 12.1 Å². The first-order chi connectivity index (χ1) is 12.7. The van der Waals surface area contributed by atoms with Crippen LogP contribution in [0.3, 0.4) is 0 Å². The van der Waals surface area contributed by atoms with Gasteiger partial charge in [-0.2, -0.15) is 0 Å². The van der Waals surface area contributed by atoms with E-state index in [9.17, 15) is 5.11 Å². The van der Waals surface area contributed by atoms with Crippen molar-refractivity contribution in [2.75, 3.05) is 33.4 Å². The summed E-state index contributed by atoms with van der Waals surface area (Å²) in [6.07, 6.45) is 2.98. The number of thiophene rings is 1. The molecule has 1 unspecified atom stereocenters. The average molecular weight is 376 g/mol. The van der Waals surface area contributed by atoms with E-state index in [4.69, 9.17) is 9.73 Å². The summed E-state index contributed by atoms with van der Waals surface area (Å²) in [5, 5.41) is 18.3. The lowest BCUT2D eigenvalue weighted by Gasteiger charge is -2.16. The van der Waals surface area contributed by atoms with Crippen LogP contribution in [0.25, 0.3) is 10.1 Å². The van der Waals surface area contributed by atoms with E-state index in [1.54, 1.807) is 18.4 Å². The molecular weight excluding hydrogens is 346 g/mol. The number of methoxy groups -OCH3 is 1. The number of guanidine groups is 1. The molecule has 2 aromatic rings. The minimum Gasteiger partial charge on any atom is -0.386 e. The van der Waals surface area contributed by atoms with Crippen LogP contribution in [0, 0.1) is 5.41 Å². The fourth-order valence-corrected chi connectivity index (χ4v) is 4.08. The lowest BCUT2D eigenvalue weighted by molar-refractivity contribution is 0.174. The van der Waals surface area contributed by atoms with Gasteiger partial charge in [0.25, 0.3) is 0 Å². The van der Waals surface area contributed by atoms with Gasteiger partial charge in [0.05, 0.1) is 0 Å². The normalized spacial score (nSPS) is 17.3. The standard InChI is InChI=1S/C20H29N3O2S/c1-3-21-19(23-14-20(8-9-20)10-11-25-2)22-13-16(24)18-12-15-6-4-5-7-17(15)26-18/h4-7,12,16,24H,3,8-11,13-14H2,1-2H3,(H2,21,22,23). The number of rotatable bonds is 9. The van der Waals surface area contributed by atoms with E-state index >= 15 is 0 Å². The van der Waals surface area contributed by atoms with Crippen LogP contribution in [0.1, 0.15) is 37.2 Å². The summed E-state index contributed by atoms with van der Waals surface area (Å²) in [5.41, 5.74) is 0.322. The van der Waals surface area contributed by atoms with Crippen LogP contribution >= 0.6 is 11.3 Å². The van der Waals surface area contributed by atoms with E-state index < -0.39 is 6.10 Å². The van der Waals surface area contributed by atoms with Crippen molar-refractivity contribution in [1.29, 1.82) is 0 Å². The highest BCUT2D eigenvalue weighted by atomic mass is 32.1. The molecular formula is C20H29N3O2S. The molecule has 5 nitrogen and oxygen atoms in total. The Hall–Kier alpha value is -1.63. The first-order valence-corrected chi connectivity index (χ1v) is 10.1. The zero-order valence-corrected chi connectivity index (χ0v) is 16.4. The molecule has 6 heteroatoms. The SMILES string of the molecule is CCNC(=NCC1(CCOC)CC1)NCC(O)c1cc2ccccc2s1. The lowest BCUT2D eigenvalue weighted by atomic mass is 10.0. The molecule has 142 valence electrons. The highest BCUT2D eigenvalue weighted by Gasteiger charge is 2.41. The zero-order valence-electron chi connectivity index (χ0n) is 15.6. The minimum absolute atomic E-state index is 0.322. The van der Waals surface area contributed by atoms with Crippen LogP contribution in [-0.4, -0.2) is 44.4 Å². The molecule has 0 radical (unpaired) electrons. The molecule has 1 aromatic carbocycles. The maximum atomic E-state index is 10.5. The van der Waals surface area contributed by atoms with Crippen molar-refractivity contribution >= 4 is 27.4 Å². The first kappa shape index (κ1) is 19.1. The summed E-state index contributed by atoms with van der Waals surface area (Å²) in [6.45, 7) is 4.91. The number of hydrogen-bond acceptors (Lipinski definition) is 4. The van der Waals surface area contributed by atoms with Gasteiger partial charge in [-0.3, -0.25) is 4.99 Å². The molecule has 3 N–H and O–H groups in total. The molecule has 1 atom stereocenters. The van der Waals surface area contributed by atoms with Crippen LogP contribution in [-0.2, 0) is 4.74 Å². The number of nitrogens with zero attached hydrogens (tertiary/aromatic N) is 1. The third-order valence-corrected chi connectivity index (χ3v) is 6.16. The Balaban J connectivity index is 1.56. The highest BCUT2D eigenvalue weighted by Crippen LogP contribution is 2.48. The number of aliphatic imine (C=N–C) groups is 1. The van der Waals surface area contributed by atoms with E-state index in [1.165, 1.54) is 22.9 Å². The van der Waals surface area contributed by atoms with Gasteiger partial charge in [-0.05, 0) is 49.1 Å². The number of hydrogen-bond donors (Lipinski definition) is 3. The molecule has 1 aliphatic rings. The molecule has 26 heavy (non-hydrogen) atoms. The fourth-order valence-electron chi connectivity index (χ4n) is 3.03. The van der Waals surface area contributed by atoms with Crippen molar-refractivity contribution < 1.29 is 9.84 Å². The van der Waals surface area contributed by atoms with Gasteiger partial charge in [0.2, 0.25) is 0 Å². The Morgan fingerprint density at radius 3 is 2.85 bits per heavy atom. The lowest BCUT2D eigenvalue weighted by Crippen LogP contribution is -2.39. The number of fused-ring (bicyclic) bond motifs is 1. The predicted octanol–water partition coefficient (Wildman–Crippen LogP) is 3.31. The van der Waals surface area contributed by atoms with Crippen molar-refractivity contribution in [2.45, 2.75) is 32.3 Å². The third kappa shape index (κ3) is 4.96. The summed E-state index contributed by atoms with van der Waals surface area (Å²) in [6, 6.07) is 10.3. The summed E-state index contributed by atoms with van der Waals surface area (Å²) in [5.74, 6) is 0.774. The topological polar surface area (TPSA) is 65.9 Å². The Morgan fingerprint density at radius 1 is 1.35 bits per heavy atom. The molecule has 1 aliphatic carbocycles. The van der Waals surface area contributed by atoms with Gasteiger partial charge >= 0.3 is 0 Å². The summed E-state index contributed by atoms with van der Waals surface area (Å²) in [7, 11) is 1.75. The van der Waals surface area contributed by atoms with Crippen molar-refractivity contribution in [3.8, 4) is 0 Å². The van der Waals surface area contributed by atoms with Gasteiger partial charge < -0.3 is 20.5 Å². The summed E-state index contributed by atoms with van der Waals surface area (Å²) >= 11 is 1.64. The Labute approximate surface area is 159 Å². The highest BCUT2D eigenvalue weighted by molar-refractivity contribution is 7.19. The number of aliphatic hydroxyl groups is 1. The second-order valence-electron chi connectivity index (χ2n) is 7.02. The van der Waals surface area contributed by atoms with E-state index in [2.05, 4.69) is 35.8 Å². The molecule has 1 saturated carbocycles. The number of aliphatic hydroxyl groups excluding tert-OH is 1. The maximum Gasteiger partial charge on any atom is 0.191 e.